The first kappa shape index (κ1) is 35.0. The summed E-state index contributed by atoms with van der Waals surface area (Å²) in [6.45, 7) is 1.18. The number of carbonyl (C=O) groups excluding carboxylic acids is 1. The molecule has 3 aromatic rings. The fourth-order valence-corrected chi connectivity index (χ4v) is 6.19. The van der Waals surface area contributed by atoms with Gasteiger partial charge in [0.2, 0.25) is 11.8 Å². The minimum Gasteiger partial charge on any atom is -0.476 e. The van der Waals surface area contributed by atoms with Crippen LogP contribution in [0.1, 0.15) is 52.2 Å². The molecule has 0 spiro atoms. The Balaban J connectivity index is 1.58. The molecule has 15 nitrogen and oxygen atoms in total. The van der Waals surface area contributed by atoms with Gasteiger partial charge in [0.25, 0.3) is 5.85 Å². The summed E-state index contributed by atoms with van der Waals surface area (Å²) in [7, 11) is -4.61. The topological polar surface area (TPSA) is 202 Å². The highest BCUT2D eigenvalue weighted by Gasteiger charge is 2.46. The molecule has 4 unspecified atom stereocenters. The van der Waals surface area contributed by atoms with E-state index in [9.17, 15) is 19.6 Å². The number of hydrogen-bond acceptors (Lipinski definition) is 13. The van der Waals surface area contributed by atoms with Crippen molar-refractivity contribution in [2.75, 3.05) is 25.6 Å². The van der Waals surface area contributed by atoms with E-state index in [2.05, 4.69) is 20.0 Å². The summed E-state index contributed by atoms with van der Waals surface area (Å²) in [6, 6.07) is 6.60. The molecule has 0 radical (unpaired) electrons. The Bertz CT molecular complexity index is 1550. The molecule has 2 heterocycles. The lowest BCUT2D eigenvalue weighted by Crippen LogP contribution is -2.47. The number of hydrogen-bond donors (Lipinski definition) is 4. The van der Waals surface area contributed by atoms with Crippen LogP contribution in [0.3, 0.4) is 0 Å². The van der Waals surface area contributed by atoms with E-state index >= 15 is 4.39 Å². The van der Waals surface area contributed by atoms with Crippen LogP contribution in [0, 0.1) is 12.3 Å². The zero-order valence-corrected chi connectivity index (χ0v) is 26.3. The number of benzene rings is 1. The lowest BCUT2D eigenvalue weighted by molar-refractivity contribution is -0.255. The number of ether oxygens (including phenoxy) is 3. The number of rotatable bonds is 16. The van der Waals surface area contributed by atoms with Crippen LogP contribution in [-0.4, -0.2) is 79.6 Å². The number of halogens is 1. The van der Waals surface area contributed by atoms with Gasteiger partial charge >= 0.3 is 13.7 Å². The molecule has 1 aromatic carbocycles. The first-order valence-corrected chi connectivity index (χ1v) is 16.3. The van der Waals surface area contributed by atoms with E-state index in [4.69, 9.17) is 35.4 Å². The van der Waals surface area contributed by atoms with E-state index in [1.807, 2.05) is 5.92 Å². The quantitative estimate of drug-likeness (QED) is 0.0988. The number of aromatic nitrogens is 4. The van der Waals surface area contributed by atoms with Crippen molar-refractivity contribution in [1.29, 1.82) is 0 Å². The maximum Gasteiger partial charge on any atom is 0.459 e. The van der Waals surface area contributed by atoms with Crippen molar-refractivity contribution >= 4 is 30.8 Å². The fraction of sp³-hybridized carbons (Fsp3) is 0.517. The van der Waals surface area contributed by atoms with Crippen LogP contribution < -0.4 is 20.1 Å². The van der Waals surface area contributed by atoms with Gasteiger partial charge < -0.3 is 34.7 Å². The molecule has 0 bridgehead atoms. The second-order valence-corrected chi connectivity index (χ2v) is 12.2. The third kappa shape index (κ3) is 8.69. The van der Waals surface area contributed by atoms with Crippen molar-refractivity contribution in [3.63, 3.8) is 0 Å². The molecule has 1 aliphatic carbocycles. The second-order valence-electron chi connectivity index (χ2n) is 10.5. The third-order valence-electron chi connectivity index (χ3n) is 6.99. The first-order valence-electron chi connectivity index (χ1n) is 14.7. The Morgan fingerprint density at radius 1 is 1.28 bits per heavy atom. The number of fused-ring (bicyclic) bond motifs is 1. The SMILES string of the molecule is C#C[C@H](O)C(F)(COP(=O)(NC(C)C(=O)OC1CCCCC1)Oc1ccccc1)OC(CO)n1cnc2c(OCC)nc(N)nc21. The summed E-state index contributed by atoms with van der Waals surface area (Å²) in [4.78, 5) is 25.1. The molecule has 1 fully saturated rings. The van der Waals surface area contributed by atoms with E-state index < -0.39 is 51.2 Å². The monoisotopic (exact) mass is 664 g/mol. The average Bonchev–Trinajstić information content (AvgIpc) is 3.47. The van der Waals surface area contributed by atoms with Gasteiger partial charge in [0.05, 0.1) is 19.5 Å². The number of anilines is 1. The predicted octanol–water partition coefficient (Wildman–Crippen LogP) is 3.03. The Hall–Kier alpha value is -3.84. The molecule has 0 saturated heterocycles. The molecule has 0 aliphatic heterocycles. The maximum absolute atomic E-state index is 16.5. The molecule has 2 aromatic heterocycles. The average molecular weight is 665 g/mol. The number of esters is 1. The Labute approximate surface area is 265 Å². The van der Waals surface area contributed by atoms with Gasteiger partial charge in [-0.1, -0.05) is 30.5 Å². The number of terminal acetylenes is 1. The van der Waals surface area contributed by atoms with Gasteiger partial charge in [-0.15, -0.1) is 6.42 Å². The van der Waals surface area contributed by atoms with Crippen molar-refractivity contribution in [1.82, 2.24) is 24.6 Å². The maximum atomic E-state index is 16.5. The molecule has 5 atom stereocenters. The minimum atomic E-state index is -4.61. The zero-order valence-electron chi connectivity index (χ0n) is 25.5. The fourth-order valence-electron chi connectivity index (χ4n) is 4.69. The van der Waals surface area contributed by atoms with E-state index in [0.717, 1.165) is 30.2 Å². The second kappa shape index (κ2) is 15.6. The number of alkyl halides is 1. The highest BCUT2D eigenvalue weighted by atomic mass is 31.2. The smallest absolute Gasteiger partial charge is 0.459 e. The van der Waals surface area contributed by atoms with Crippen LogP contribution in [0.2, 0.25) is 0 Å². The number of aliphatic hydroxyl groups is 2. The summed E-state index contributed by atoms with van der Waals surface area (Å²) in [6.07, 6.45) is 6.63. The molecule has 0 amide bonds. The predicted molar refractivity (Wildman–Crippen MR) is 163 cm³/mol. The summed E-state index contributed by atoms with van der Waals surface area (Å²) in [5.74, 6) is -2.28. The van der Waals surface area contributed by atoms with Crippen LogP contribution >= 0.6 is 7.75 Å². The van der Waals surface area contributed by atoms with Crippen LogP contribution in [0.4, 0.5) is 10.3 Å². The number of nitrogen functional groups attached to an aromatic ring is 1. The van der Waals surface area contributed by atoms with Crippen LogP contribution in [0.15, 0.2) is 36.7 Å². The van der Waals surface area contributed by atoms with Crippen molar-refractivity contribution in [2.24, 2.45) is 0 Å². The van der Waals surface area contributed by atoms with Crippen molar-refractivity contribution in [3.8, 4) is 24.0 Å². The minimum absolute atomic E-state index is 0.0125. The van der Waals surface area contributed by atoms with Crippen molar-refractivity contribution < 1.29 is 47.2 Å². The molecular formula is C29H38FN6O9P. The molecule has 5 N–H and O–H groups in total. The Morgan fingerprint density at radius 3 is 2.65 bits per heavy atom. The number of aliphatic hydroxyl groups excluding tert-OH is 2. The number of nitrogens with two attached hydrogens (primary N) is 1. The van der Waals surface area contributed by atoms with Gasteiger partial charge in [-0.25, -0.2) is 13.9 Å². The molecule has 1 saturated carbocycles. The molecule has 46 heavy (non-hydrogen) atoms. The highest BCUT2D eigenvalue weighted by molar-refractivity contribution is 7.52. The van der Waals surface area contributed by atoms with Gasteiger partial charge in [0.15, 0.2) is 23.5 Å². The molecule has 1 aliphatic rings. The van der Waals surface area contributed by atoms with E-state index in [1.165, 1.54) is 19.1 Å². The normalized spacial score (nSPS) is 18.4. The molecule has 17 heteroatoms. The van der Waals surface area contributed by atoms with Gasteiger partial charge in [-0.3, -0.25) is 13.9 Å². The number of nitrogens with zero attached hydrogens (tertiary/aromatic N) is 4. The Morgan fingerprint density at radius 2 is 2.00 bits per heavy atom. The number of imidazole rings is 1. The largest absolute Gasteiger partial charge is 0.476 e. The number of nitrogens with one attached hydrogen (secondary N) is 1. The van der Waals surface area contributed by atoms with Gasteiger partial charge in [-0.2, -0.15) is 15.1 Å². The molecule has 250 valence electrons. The van der Waals surface area contributed by atoms with Crippen molar-refractivity contribution in [3.05, 3.63) is 36.7 Å². The third-order valence-corrected chi connectivity index (χ3v) is 8.62. The van der Waals surface area contributed by atoms with Gasteiger partial charge in [-0.05, 0) is 51.7 Å². The zero-order chi connectivity index (χ0) is 33.3. The van der Waals surface area contributed by atoms with Crippen LogP contribution in [0.5, 0.6) is 11.6 Å². The standard InChI is InChI=1S/C29H38FN6O9P/c1-4-22(38)29(30,44-23(16-37)36-18-32-24-25(36)33-28(31)34-26(24)41-5-2)17-42-46(40,45-21-14-10-7-11-15-21)35-19(3)27(39)43-20-12-8-6-9-13-20/h1,7,10-11,14-15,18-20,22-23,37-38H,5-6,8-9,12-13,16-17H2,2-3H3,(H,35,40)(H2,31,33,34)/t19?,22-,23?,29?,46?/m0/s1. The Kier molecular flexibility index (Phi) is 11.9. The summed E-state index contributed by atoms with van der Waals surface area (Å²) < 4.78 is 59.1. The van der Waals surface area contributed by atoms with E-state index in [0.29, 0.717) is 12.8 Å². The van der Waals surface area contributed by atoms with E-state index in [-0.39, 0.29) is 41.5 Å². The van der Waals surface area contributed by atoms with Crippen molar-refractivity contribution in [2.45, 2.75) is 76.3 Å². The summed E-state index contributed by atoms with van der Waals surface area (Å²) >= 11 is 0. The summed E-state index contributed by atoms with van der Waals surface area (Å²) in [5.41, 5.74) is 5.95. The first-order chi connectivity index (χ1) is 22.0. The van der Waals surface area contributed by atoms with Gasteiger partial charge in [0.1, 0.15) is 24.5 Å². The number of carbonyl (C=O) groups is 1. The van der Waals surface area contributed by atoms with E-state index in [1.54, 1.807) is 25.1 Å². The van der Waals surface area contributed by atoms with Gasteiger partial charge in [0, 0.05) is 0 Å². The van der Waals surface area contributed by atoms with Crippen LogP contribution in [-0.2, 0) is 23.4 Å². The number of para-hydroxylation sites is 1. The van der Waals surface area contributed by atoms with Crippen LogP contribution in [0.25, 0.3) is 11.2 Å². The highest BCUT2D eigenvalue weighted by Crippen LogP contribution is 2.46. The summed E-state index contributed by atoms with van der Waals surface area (Å²) in [5, 5.41) is 23.2. The molecular weight excluding hydrogens is 626 g/mol. The lowest BCUT2D eigenvalue weighted by Gasteiger charge is -2.33. The molecule has 4 rings (SSSR count). The lowest BCUT2D eigenvalue weighted by atomic mass is 9.98.